The predicted octanol–water partition coefficient (Wildman–Crippen LogP) is 4.96. The smallest absolute Gasteiger partial charge is 0.265 e. The number of aromatic nitrogens is 2. The number of aromatic hydroxyl groups is 1. The van der Waals surface area contributed by atoms with Crippen molar-refractivity contribution in [3.8, 4) is 11.6 Å². The molecule has 1 aliphatic rings. The summed E-state index contributed by atoms with van der Waals surface area (Å²) in [5, 5.41) is 10.7. The topological polar surface area (TPSA) is 68.8 Å². The van der Waals surface area contributed by atoms with E-state index in [0.717, 1.165) is 22.4 Å². The predicted molar refractivity (Wildman–Crippen MR) is 126 cm³/mol. The van der Waals surface area contributed by atoms with E-state index in [0.29, 0.717) is 30.2 Å². The third kappa shape index (κ3) is 3.96. The summed E-state index contributed by atoms with van der Waals surface area (Å²) >= 11 is 5.36. The van der Waals surface area contributed by atoms with Gasteiger partial charge in [0.2, 0.25) is 5.88 Å². The normalized spacial score (nSPS) is 13.5. The summed E-state index contributed by atoms with van der Waals surface area (Å²) in [5.41, 5.74) is 3.32. The highest BCUT2D eigenvalue weighted by molar-refractivity contribution is 7.71. The Balaban J connectivity index is 1.72. The summed E-state index contributed by atoms with van der Waals surface area (Å²) in [7, 11) is 0. The van der Waals surface area contributed by atoms with Crippen molar-refractivity contribution in [2.24, 2.45) is 4.99 Å². The van der Waals surface area contributed by atoms with Crippen LogP contribution in [0.1, 0.15) is 30.5 Å². The molecule has 3 aromatic rings. The molecule has 0 aliphatic carbocycles. The maximum Gasteiger partial charge on any atom is 0.265 e. The van der Waals surface area contributed by atoms with Crippen LogP contribution in [0.4, 0.5) is 5.69 Å². The zero-order valence-corrected chi connectivity index (χ0v) is 18.2. The lowest BCUT2D eigenvalue weighted by Crippen LogP contribution is -2.26. The summed E-state index contributed by atoms with van der Waals surface area (Å²) < 4.78 is 9.29. The molecule has 0 fully saturated rings. The fourth-order valence-electron chi connectivity index (χ4n) is 3.57. The Morgan fingerprint density at radius 2 is 1.84 bits per heavy atom. The van der Waals surface area contributed by atoms with Crippen LogP contribution in [0.25, 0.3) is 11.6 Å². The maximum atomic E-state index is 12.9. The monoisotopic (exact) mass is 433 g/mol. The lowest BCUT2D eigenvalue weighted by atomic mass is 10.0. The molecule has 0 saturated carbocycles. The zero-order chi connectivity index (χ0) is 22.0. The molecule has 2 aromatic carbocycles. The van der Waals surface area contributed by atoms with Gasteiger partial charge < -0.3 is 9.84 Å². The number of hydrogen-bond acceptors (Lipinski definition) is 5. The van der Waals surface area contributed by atoms with Gasteiger partial charge in [0.15, 0.2) is 4.77 Å². The number of benzene rings is 2. The molecule has 2 heterocycles. The molecule has 6 nitrogen and oxygen atoms in total. The van der Waals surface area contributed by atoms with E-state index in [1.807, 2.05) is 62.4 Å². The lowest BCUT2D eigenvalue weighted by molar-refractivity contribution is 0.306. The number of hydrogen-bond donors (Lipinski definition) is 1. The number of nitrogens with zero attached hydrogens (tertiary/aromatic N) is 3. The number of ether oxygens (including phenoxy) is 1. The number of rotatable bonds is 6. The molecule has 7 heteroatoms. The highest BCUT2D eigenvalue weighted by Gasteiger charge is 2.18. The van der Waals surface area contributed by atoms with Crippen LogP contribution < -0.4 is 10.3 Å². The van der Waals surface area contributed by atoms with Crippen LogP contribution in [-0.4, -0.2) is 20.5 Å². The van der Waals surface area contributed by atoms with Crippen molar-refractivity contribution in [2.75, 3.05) is 0 Å². The van der Waals surface area contributed by atoms with Crippen LogP contribution in [0.5, 0.6) is 11.6 Å². The molecule has 31 heavy (non-hydrogen) atoms. The van der Waals surface area contributed by atoms with Gasteiger partial charge in [-0.2, -0.15) is 0 Å². The van der Waals surface area contributed by atoms with Crippen molar-refractivity contribution in [3.63, 3.8) is 0 Å². The Labute approximate surface area is 185 Å². The van der Waals surface area contributed by atoms with Crippen molar-refractivity contribution in [2.45, 2.75) is 33.5 Å². The largest absolute Gasteiger partial charge is 0.494 e. The lowest BCUT2D eigenvalue weighted by Gasteiger charge is -2.14. The van der Waals surface area contributed by atoms with Crippen LogP contribution in [0.2, 0.25) is 0 Å². The number of fused-ring (bicyclic) bond motifs is 1. The Morgan fingerprint density at radius 1 is 1.10 bits per heavy atom. The second-order valence-corrected chi connectivity index (χ2v) is 7.49. The standard InChI is InChI=1S/C24H23N3O3S/c1-3-26-22(28)20(23(29)27(4-2)24(26)31)12-17-14-25-21-11-10-18(13-19(17)21)30-15-16-8-6-5-7-9-16/h5-14,28H,3-4,15H2,1-2H3/b17-12+. The van der Waals surface area contributed by atoms with Gasteiger partial charge in [-0.3, -0.25) is 18.9 Å². The molecule has 1 N–H and O–H groups in total. The van der Waals surface area contributed by atoms with Crippen LogP contribution in [0.3, 0.4) is 0 Å². The molecule has 0 saturated heterocycles. The van der Waals surface area contributed by atoms with Gasteiger partial charge in [0.05, 0.1) is 5.69 Å². The first kappa shape index (κ1) is 20.8. The van der Waals surface area contributed by atoms with E-state index in [4.69, 9.17) is 17.0 Å². The average Bonchev–Trinajstić information content (AvgIpc) is 3.18. The quantitative estimate of drug-likeness (QED) is 0.558. The van der Waals surface area contributed by atoms with Gasteiger partial charge in [0, 0.05) is 30.4 Å². The first-order chi connectivity index (χ1) is 15.0. The molecule has 0 amide bonds. The van der Waals surface area contributed by atoms with Gasteiger partial charge in [-0.15, -0.1) is 0 Å². The molecule has 0 radical (unpaired) electrons. The fourth-order valence-corrected chi connectivity index (χ4v) is 4.00. The van der Waals surface area contributed by atoms with Crippen molar-refractivity contribution >= 4 is 35.8 Å². The fraction of sp³-hybridized carbons (Fsp3) is 0.208. The highest BCUT2D eigenvalue weighted by Crippen LogP contribution is 2.36. The van der Waals surface area contributed by atoms with Gasteiger partial charge >= 0.3 is 0 Å². The Morgan fingerprint density at radius 3 is 2.55 bits per heavy atom. The van der Waals surface area contributed by atoms with Gasteiger partial charge in [0.25, 0.3) is 5.56 Å². The van der Waals surface area contributed by atoms with E-state index >= 15 is 0 Å². The van der Waals surface area contributed by atoms with Gasteiger partial charge in [-0.25, -0.2) is 0 Å². The molecule has 158 valence electrons. The van der Waals surface area contributed by atoms with Crippen molar-refractivity contribution in [3.05, 3.63) is 80.3 Å². The van der Waals surface area contributed by atoms with Gasteiger partial charge in [-0.1, -0.05) is 30.3 Å². The second-order valence-electron chi connectivity index (χ2n) is 7.12. The molecule has 1 aliphatic heterocycles. The molecular formula is C24H23N3O3S. The SMILES string of the molecule is CCn1c(O)c(/C=C2\C=Nc3ccc(OCc4ccccc4)cc32)c(=O)n(CC)c1=S. The summed E-state index contributed by atoms with van der Waals surface area (Å²) in [6, 6.07) is 15.6. The van der Waals surface area contributed by atoms with Crippen LogP contribution in [0, 0.1) is 4.77 Å². The van der Waals surface area contributed by atoms with E-state index in [1.165, 1.54) is 4.57 Å². The maximum absolute atomic E-state index is 12.9. The molecule has 0 atom stereocenters. The second kappa shape index (κ2) is 8.73. The number of aliphatic imine (C=N–C) groups is 1. The molecule has 1 aromatic heterocycles. The minimum absolute atomic E-state index is 0.131. The summed E-state index contributed by atoms with van der Waals surface area (Å²) in [6.07, 6.45) is 3.36. The van der Waals surface area contributed by atoms with Crippen LogP contribution in [-0.2, 0) is 19.7 Å². The summed E-state index contributed by atoms with van der Waals surface area (Å²) in [4.78, 5) is 17.4. The van der Waals surface area contributed by atoms with Crippen LogP contribution >= 0.6 is 12.2 Å². The summed E-state index contributed by atoms with van der Waals surface area (Å²) in [6.45, 7) is 5.07. The minimum atomic E-state index is -0.319. The Kier molecular flexibility index (Phi) is 5.86. The van der Waals surface area contributed by atoms with Crippen LogP contribution in [0.15, 0.2) is 58.3 Å². The molecule has 0 unspecified atom stereocenters. The zero-order valence-electron chi connectivity index (χ0n) is 17.4. The van der Waals surface area contributed by atoms with Crippen molar-refractivity contribution in [1.29, 1.82) is 0 Å². The number of allylic oxidation sites excluding steroid dienone is 1. The minimum Gasteiger partial charge on any atom is -0.494 e. The first-order valence-corrected chi connectivity index (χ1v) is 10.6. The Hall–Kier alpha value is -3.45. The van der Waals surface area contributed by atoms with Gasteiger partial charge in [0.1, 0.15) is 17.9 Å². The molecule has 0 spiro atoms. The van der Waals surface area contributed by atoms with E-state index < -0.39 is 0 Å². The first-order valence-electron chi connectivity index (χ1n) is 10.2. The Bertz CT molecular complexity index is 1300. The van der Waals surface area contributed by atoms with Gasteiger partial charge in [-0.05, 0) is 55.9 Å². The third-order valence-corrected chi connectivity index (χ3v) is 5.68. The third-order valence-electron chi connectivity index (χ3n) is 5.24. The van der Waals surface area contributed by atoms with E-state index in [9.17, 15) is 9.90 Å². The van der Waals surface area contributed by atoms with Crippen molar-refractivity contribution < 1.29 is 9.84 Å². The van der Waals surface area contributed by atoms with E-state index in [1.54, 1.807) is 16.9 Å². The molecule has 0 bridgehead atoms. The summed E-state index contributed by atoms with van der Waals surface area (Å²) in [5.74, 6) is 0.576. The van der Waals surface area contributed by atoms with E-state index in [2.05, 4.69) is 4.99 Å². The highest BCUT2D eigenvalue weighted by atomic mass is 32.1. The van der Waals surface area contributed by atoms with E-state index in [-0.39, 0.29) is 17.0 Å². The molecule has 4 rings (SSSR count). The van der Waals surface area contributed by atoms with Crippen molar-refractivity contribution in [1.82, 2.24) is 9.13 Å². The molecular weight excluding hydrogens is 410 g/mol. The average molecular weight is 434 g/mol.